The summed E-state index contributed by atoms with van der Waals surface area (Å²) in [5, 5.41) is 2.56. The predicted molar refractivity (Wildman–Crippen MR) is 111 cm³/mol. The highest BCUT2D eigenvalue weighted by Crippen LogP contribution is 2.36. The first-order valence-corrected chi connectivity index (χ1v) is 9.77. The van der Waals surface area contributed by atoms with Crippen LogP contribution in [0.25, 0.3) is 6.08 Å². The molecule has 0 atom stereocenters. The number of thioether (sulfide) groups is 1. The van der Waals surface area contributed by atoms with Crippen molar-refractivity contribution in [3.8, 4) is 5.75 Å². The van der Waals surface area contributed by atoms with Crippen molar-refractivity contribution < 1.29 is 18.7 Å². The number of fused-ring (bicyclic) bond motifs is 1. The lowest BCUT2D eigenvalue weighted by atomic mass is 10.1. The average molecular weight is 435 g/mol. The van der Waals surface area contributed by atoms with Crippen molar-refractivity contribution in [2.45, 2.75) is 6.54 Å². The van der Waals surface area contributed by atoms with Gasteiger partial charge in [-0.2, -0.15) is 0 Å². The van der Waals surface area contributed by atoms with E-state index in [1.54, 1.807) is 35.2 Å². The van der Waals surface area contributed by atoms with E-state index in [0.29, 0.717) is 26.2 Å². The van der Waals surface area contributed by atoms with E-state index in [0.717, 1.165) is 5.56 Å². The van der Waals surface area contributed by atoms with Gasteiger partial charge in [0.15, 0.2) is 6.61 Å². The molecule has 2 aromatic rings. The fourth-order valence-corrected chi connectivity index (χ4v) is 4.12. The second-order valence-corrected chi connectivity index (χ2v) is 8.22. The van der Waals surface area contributed by atoms with Crippen LogP contribution in [0.5, 0.6) is 5.75 Å². The number of carbonyl (C=O) groups excluding carboxylic acids is 2. The Morgan fingerprint density at radius 3 is 2.82 bits per heavy atom. The van der Waals surface area contributed by atoms with Crippen LogP contribution in [0.1, 0.15) is 11.1 Å². The minimum absolute atomic E-state index is 0.00263. The predicted octanol–water partition coefficient (Wildman–Crippen LogP) is 3.89. The van der Waals surface area contributed by atoms with Gasteiger partial charge in [-0.25, -0.2) is 4.39 Å². The van der Waals surface area contributed by atoms with E-state index in [2.05, 4.69) is 5.32 Å². The van der Waals surface area contributed by atoms with E-state index < -0.39 is 5.82 Å². The summed E-state index contributed by atoms with van der Waals surface area (Å²) in [7, 11) is 0. The van der Waals surface area contributed by atoms with Crippen LogP contribution in [0.2, 0.25) is 5.02 Å². The summed E-state index contributed by atoms with van der Waals surface area (Å²) in [6, 6.07) is 9.64. The Labute approximate surface area is 174 Å². The Morgan fingerprint density at radius 2 is 2.11 bits per heavy atom. The third kappa shape index (κ3) is 3.76. The van der Waals surface area contributed by atoms with Crippen molar-refractivity contribution in [3.05, 3.63) is 63.3 Å². The molecule has 2 aromatic carbocycles. The number of thiocarbonyl (C=S) groups is 1. The Bertz CT molecular complexity index is 1060. The van der Waals surface area contributed by atoms with E-state index in [4.69, 9.17) is 28.6 Å². The standard InChI is InChI=1S/C19H12ClFN2O3S2/c20-12-5-11(1-3-13(12)21)8-23-14-6-10(2-4-15(14)26-9-17(23)24)7-16-18(25)22-19(27)28-16/h1-7H,8-9H2,(H,22,25,27). The third-order valence-corrected chi connectivity index (χ3v) is 5.64. The molecule has 4 rings (SSSR count). The highest BCUT2D eigenvalue weighted by atomic mass is 35.5. The molecule has 1 N–H and O–H groups in total. The second kappa shape index (κ2) is 7.54. The monoisotopic (exact) mass is 434 g/mol. The third-order valence-electron chi connectivity index (χ3n) is 4.19. The number of hydrogen-bond acceptors (Lipinski definition) is 5. The maximum absolute atomic E-state index is 13.4. The van der Waals surface area contributed by atoms with Crippen LogP contribution >= 0.6 is 35.6 Å². The van der Waals surface area contributed by atoms with E-state index in [1.165, 1.54) is 23.9 Å². The van der Waals surface area contributed by atoms with Gasteiger partial charge in [-0.1, -0.05) is 47.7 Å². The zero-order valence-electron chi connectivity index (χ0n) is 14.2. The van der Waals surface area contributed by atoms with E-state index >= 15 is 0 Å². The van der Waals surface area contributed by atoms with Gasteiger partial charge in [0.05, 0.1) is 22.2 Å². The summed E-state index contributed by atoms with van der Waals surface area (Å²) in [4.78, 5) is 26.4. The van der Waals surface area contributed by atoms with Crippen LogP contribution in [-0.4, -0.2) is 22.7 Å². The normalized spacial score (nSPS) is 17.6. The highest BCUT2D eigenvalue weighted by Gasteiger charge is 2.27. The molecule has 0 spiro atoms. The Morgan fingerprint density at radius 1 is 1.29 bits per heavy atom. The first kappa shape index (κ1) is 18.9. The van der Waals surface area contributed by atoms with Crippen LogP contribution in [0.4, 0.5) is 10.1 Å². The minimum atomic E-state index is -0.515. The molecule has 0 radical (unpaired) electrons. The van der Waals surface area contributed by atoms with E-state index in [9.17, 15) is 14.0 Å². The zero-order chi connectivity index (χ0) is 19.8. The van der Waals surface area contributed by atoms with Crippen molar-refractivity contribution in [1.82, 2.24) is 5.32 Å². The molecule has 1 saturated heterocycles. The molecular formula is C19H12ClFN2O3S2. The van der Waals surface area contributed by atoms with Gasteiger partial charge in [-0.15, -0.1) is 0 Å². The summed E-state index contributed by atoms with van der Waals surface area (Å²) in [5.74, 6) is -0.447. The van der Waals surface area contributed by atoms with Gasteiger partial charge < -0.3 is 15.0 Å². The average Bonchev–Trinajstić information content (AvgIpc) is 2.97. The smallest absolute Gasteiger partial charge is 0.265 e. The number of halogens is 2. The van der Waals surface area contributed by atoms with Crippen LogP contribution < -0.4 is 15.0 Å². The number of carbonyl (C=O) groups is 2. The van der Waals surface area contributed by atoms with Crippen molar-refractivity contribution >= 4 is 63.5 Å². The molecule has 0 unspecified atom stereocenters. The van der Waals surface area contributed by atoms with Gasteiger partial charge in [-0.3, -0.25) is 9.59 Å². The molecule has 2 aliphatic heterocycles. The van der Waals surface area contributed by atoms with Crippen LogP contribution in [0.15, 0.2) is 41.3 Å². The second-order valence-electron chi connectivity index (χ2n) is 6.10. The molecule has 28 heavy (non-hydrogen) atoms. The molecule has 5 nitrogen and oxygen atoms in total. The lowest BCUT2D eigenvalue weighted by Crippen LogP contribution is -2.38. The number of anilines is 1. The molecule has 0 aliphatic carbocycles. The summed E-state index contributed by atoms with van der Waals surface area (Å²) >= 11 is 12.0. The van der Waals surface area contributed by atoms with Gasteiger partial charge in [0, 0.05) is 0 Å². The molecule has 2 aliphatic rings. The van der Waals surface area contributed by atoms with E-state index in [-0.39, 0.29) is 30.0 Å². The fourth-order valence-electron chi connectivity index (χ4n) is 2.88. The number of nitrogens with zero attached hydrogens (tertiary/aromatic N) is 1. The molecule has 9 heteroatoms. The lowest BCUT2D eigenvalue weighted by Gasteiger charge is -2.30. The van der Waals surface area contributed by atoms with Gasteiger partial charge in [-0.05, 0) is 41.5 Å². The van der Waals surface area contributed by atoms with Crippen LogP contribution in [0, 0.1) is 5.82 Å². The maximum atomic E-state index is 13.4. The molecular weight excluding hydrogens is 423 g/mol. The Hall–Kier alpha value is -2.42. The van der Waals surface area contributed by atoms with Crippen molar-refractivity contribution in [3.63, 3.8) is 0 Å². The summed E-state index contributed by atoms with van der Waals surface area (Å²) < 4.78 is 19.3. The Balaban J connectivity index is 1.68. The first-order valence-electron chi connectivity index (χ1n) is 8.17. The minimum Gasteiger partial charge on any atom is -0.482 e. The highest BCUT2D eigenvalue weighted by molar-refractivity contribution is 8.26. The van der Waals surface area contributed by atoms with Crippen molar-refractivity contribution in [2.75, 3.05) is 11.5 Å². The first-order chi connectivity index (χ1) is 13.4. The van der Waals surface area contributed by atoms with Gasteiger partial charge in [0.2, 0.25) is 0 Å². The van der Waals surface area contributed by atoms with Gasteiger partial charge in [0.1, 0.15) is 15.9 Å². The number of amides is 2. The SMILES string of the molecule is O=C1NC(=S)SC1=Cc1ccc2c(c1)N(Cc1ccc(F)c(Cl)c1)C(=O)CO2. The fraction of sp³-hybridized carbons (Fsp3) is 0.105. The number of nitrogens with one attached hydrogen (secondary N) is 1. The number of benzene rings is 2. The lowest BCUT2D eigenvalue weighted by molar-refractivity contribution is -0.121. The van der Waals surface area contributed by atoms with Crippen LogP contribution in [-0.2, 0) is 16.1 Å². The Kier molecular flexibility index (Phi) is 5.09. The molecule has 0 saturated carbocycles. The maximum Gasteiger partial charge on any atom is 0.265 e. The largest absolute Gasteiger partial charge is 0.482 e. The van der Waals surface area contributed by atoms with Crippen molar-refractivity contribution in [2.24, 2.45) is 0 Å². The molecule has 0 bridgehead atoms. The van der Waals surface area contributed by atoms with Gasteiger partial charge in [0.25, 0.3) is 11.8 Å². The number of hydrogen-bond donors (Lipinski definition) is 1. The molecule has 2 heterocycles. The van der Waals surface area contributed by atoms with Crippen LogP contribution in [0.3, 0.4) is 0 Å². The molecule has 2 amide bonds. The molecule has 142 valence electrons. The zero-order valence-corrected chi connectivity index (χ0v) is 16.6. The summed E-state index contributed by atoms with van der Waals surface area (Å²) in [5.41, 5.74) is 1.98. The molecule has 1 fully saturated rings. The number of ether oxygens (including phenoxy) is 1. The summed E-state index contributed by atoms with van der Waals surface area (Å²) in [6.45, 7) is 0.128. The number of rotatable bonds is 3. The molecule has 0 aromatic heterocycles. The summed E-state index contributed by atoms with van der Waals surface area (Å²) in [6.07, 6.45) is 1.70. The quantitative estimate of drug-likeness (QED) is 0.586. The van der Waals surface area contributed by atoms with Crippen molar-refractivity contribution in [1.29, 1.82) is 0 Å². The topological polar surface area (TPSA) is 58.6 Å². The van der Waals surface area contributed by atoms with Gasteiger partial charge >= 0.3 is 0 Å². The van der Waals surface area contributed by atoms with E-state index in [1.807, 2.05) is 0 Å².